The van der Waals surface area contributed by atoms with Crippen molar-refractivity contribution in [3.8, 4) is 5.75 Å². The van der Waals surface area contributed by atoms with Crippen molar-refractivity contribution < 1.29 is 14.3 Å². The van der Waals surface area contributed by atoms with Gasteiger partial charge in [-0.1, -0.05) is 42.5 Å². The quantitative estimate of drug-likeness (QED) is 0.327. The van der Waals surface area contributed by atoms with E-state index < -0.39 is 6.04 Å². The number of hydrogen-bond donors (Lipinski definition) is 3. The number of hydrogen-bond acceptors (Lipinski definition) is 5. The molecule has 0 aliphatic heterocycles. The Bertz CT molecular complexity index is 1110. The third-order valence-corrected chi connectivity index (χ3v) is 6.72. The minimum atomic E-state index is -0.707. The average Bonchev–Trinajstić information content (AvgIpc) is 2.93. The van der Waals surface area contributed by atoms with E-state index in [1.54, 1.807) is 24.5 Å². The zero-order valence-electron chi connectivity index (χ0n) is 21.3. The molecule has 2 aromatic carbocycles. The maximum atomic E-state index is 13.2. The summed E-state index contributed by atoms with van der Waals surface area (Å²) in [5.41, 5.74) is 8.41. The van der Waals surface area contributed by atoms with Crippen LogP contribution in [-0.4, -0.2) is 29.4 Å². The molecular formula is C29H36Cl2N4O3. The fraction of sp³-hybridized carbons (Fsp3) is 0.345. The second-order valence-electron chi connectivity index (χ2n) is 9.37. The molecule has 1 heterocycles. The fourth-order valence-electron chi connectivity index (χ4n) is 4.52. The highest BCUT2D eigenvalue weighted by atomic mass is 35.5. The molecular weight excluding hydrogens is 523 g/mol. The van der Waals surface area contributed by atoms with Crippen molar-refractivity contribution >= 4 is 42.3 Å². The molecule has 4 N–H and O–H groups in total. The van der Waals surface area contributed by atoms with Crippen LogP contribution in [0, 0.1) is 11.8 Å². The molecule has 2 amide bonds. The third-order valence-electron chi connectivity index (χ3n) is 6.72. The predicted octanol–water partition coefficient (Wildman–Crippen LogP) is 4.94. The normalized spacial score (nSPS) is 17.2. The number of anilines is 1. The predicted molar refractivity (Wildman–Crippen MR) is 155 cm³/mol. The van der Waals surface area contributed by atoms with Crippen LogP contribution >= 0.6 is 24.8 Å². The van der Waals surface area contributed by atoms with Crippen LogP contribution in [0.5, 0.6) is 5.75 Å². The van der Waals surface area contributed by atoms with Gasteiger partial charge in [0.1, 0.15) is 18.4 Å². The number of amides is 2. The molecule has 1 atom stereocenters. The molecule has 0 unspecified atom stereocenters. The highest BCUT2D eigenvalue weighted by Crippen LogP contribution is 2.28. The van der Waals surface area contributed by atoms with Gasteiger partial charge in [0.15, 0.2) is 0 Å². The molecule has 0 bridgehead atoms. The first-order chi connectivity index (χ1) is 17.6. The van der Waals surface area contributed by atoms with E-state index in [1.165, 1.54) is 0 Å². The van der Waals surface area contributed by atoms with Crippen molar-refractivity contribution in [2.45, 2.75) is 44.8 Å². The molecule has 7 nitrogen and oxygen atoms in total. The highest BCUT2D eigenvalue weighted by molar-refractivity contribution is 5.97. The van der Waals surface area contributed by atoms with Crippen molar-refractivity contribution in [3.05, 3.63) is 90.3 Å². The van der Waals surface area contributed by atoms with Crippen molar-refractivity contribution in [2.75, 3.05) is 11.9 Å². The summed E-state index contributed by atoms with van der Waals surface area (Å²) in [7, 11) is 0. The SMILES string of the molecule is Cl.Cl.NCC1CCC(C(=O)N[C@@H](Cc2ccc(OCc3ccccc3)cc2)C(=O)Nc2cccnc2)CC1. The summed E-state index contributed by atoms with van der Waals surface area (Å²) >= 11 is 0. The number of ether oxygens (including phenoxy) is 1. The molecule has 1 aliphatic carbocycles. The summed E-state index contributed by atoms with van der Waals surface area (Å²) in [4.78, 5) is 30.3. The molecule has 4 rings (SSSR count). The van der Waals surface area contributed by atoms with E-state index in [4.69, 9.17) is 10.5 Å². The van der Waals surface area contributed by atoms with Gasteiger partial charge in [0.2, 0.25) is 11.8 Å². The lowest BCUT2D eigenvalue weighted by Gasteiger charge is -2.28. The maximum absolute atomic E-state index is 13.2. The number of carbonyl (C=O) groups is 2. The molecule has 1 aromatic heterocycles. The van der Waals surface area contributed by atoms with Gasteiger partial charge in [-0.15, -0.1) is 24.8 Å². The number of nitrogens with two attached hydrogens (primary N) is 1. The van der Waals surface area contributed by atoms with Gasteiger partial charge in [0.05, 0.1) is 11.9 Å². The Morgan fingerprint density at radius 1 is 0.921 bits per heavy atom. The molecule has 3 aromatic rings. The Balaban J connectivity index is 0.00000253. The molecule has 0 saturated heterocycles. The fourth-order valence-corrected chi connectivity index (χ4v) is 4.52. The minimum absolute atomic E-state index is 0. The standard InChI is InChI=1S/C29H34N4O3.2ClH/c30-18-22-8-12-24(13-9-22)28(34)33-27(29(35)32-25-7-4-16-31-19-25)17-21-10-14-26(15-11-21)36-20-23-5-2-1-3-6-23;;/h1-7,10-11,14-16,19,22,24,27H,8-9,12-13,17-18,20,30H2,(H,32,35)(H,33,34);2*1H/t22?,24?,27-;;/m0../s1. The zero-order valence-corrected chi connectivity index (χ0v) is 22.9. The molecule has 0 spiro atoms. The number of halogens is 2. The number of rotatable bonds is 10. The largest absolute Gasteiger partial charge is 0.489 e. The van der Waals surface area contributed by atoms with Crippen LogP contribution in [0.25, 0.3) is 0 Å². The number of nitrogens with one attached hydrogen (secondary N) is 2. The van der Waals surface area contributed by atoms with Crippen LogP contribution < -0.4 is 21.1 Å². The van der Waals surface area contributed by atoms with Crippen LogP contribution in [0.1, 0.15) is 36.8 Å². The summed E-state index contributed by atoms with van der Waals surface area (Å²) < 4.78 is 5.88. The van der Waals surface area contributed by atoms with Gasteiger partial charge in [-0.05, 0) is 73.5 Å². The average molecular weight is 560 g/mol. The first kappa shape index (κ1) is 31.1. The van der Waals surface area contributed by atoms with E-state index >= 15 is 0 Å². The van der Waals surface area contributed by atoms with Gasteiger partial charge in [-0.3, -0.25) is 14.6 Å². The number of carbonyl (C=O) groups excluding carboxylic acids is 2. The van der Waals surface area contributed by atoms with Crippen molar-refractivity contribution in [3.63, 3.8) is 0 Å². The van der Waals surface area contributed by atoms with Gasteiger partial charge in [-0.25, -0.2) is 0 Å². The van der Waals surface area contributed by atoms with Crippen molar-refractivity contribution in [2.24, 2.45) is 17.6 Å². The van der Waals surface area contributed by atoms with Crippen LogP contribution in [0.4, 0.5) is 5.69 Å². The Morgan fingerprint density at radius 3 is 2.26 bits per heavy atom. The number of nitrogens with zero attached hydrogens (tertiary/aromatic N) is 1. The highest BCUT2D eigenvalue weighted by Gasteiger charge is 2.29. The monoisotopic (exact) mass is 558 g/mol. The van der Waals surface area contributed by atoms with Crippen molar-refractivity contribution in [1.82, 2.24) is 10.3 Å². The molecule has 0 radical (unpaired) electrons. The van der Waals surface area contributed by atoms with Gasteiger partial charge in [0, 0.05) is 18.5 Å². The van der Waals surface area contributed by atoms with E-state index in [9.17, 15) is 9.59 Å². The lowest BCUT2D eigenvalue weighted by Crippen LogP contribution is -2.48. The molecule has 9 heteroatoms. The van der Waals surface area contributed by atoms with Gasteiger partial charge < -0.3 is 21.1 Å². The molecule has 1 saturated carbocycles. The molecule has 204 valence electrons. The first-order valence-corrected chi connectivity index (χ1v) is 12.6. The van der Waals surface area contributed by atoms with E-state index in [1.807, 2.05) is 54.6 Å². The van der Waals surface area contributed by atoms with Crippen LogP contribution in [-0.2, 0) is 22.6 Å². The third kappa shape index (κ3) is 9.31. The first-order valence-electron chi connectivity index (χ1n) is 12.6. The Kier molecular flexibility index (Phi) is 13.1. The number of aromatic nitrogens is 1. The molecule has 38 heavy (non-hydrogen) atoms. The summed E-state index contributed by atoms with van der Waals surface area (Å²) in [6, 6.07) is 20.5. The Labute approximate surface area is 236 Å². The van der Waals surface area contributed by atoms with E-state index in [2.05, 4.69) is 15.6 Å². The van der Waals surface area contributed by atoms with Gasteiger partial charge in [0.25, 0.3) is 0 Å². The zero-order chi connectivity index (χ0) is 25.2. The van der Waals surface area contributed by atoms with Crippen LogP contribution in [0.3, 0.4) is 0 Å². The van der Waals surface area contributed by atoms with E-state index in [0.29, 0.717) is 31.2 Å². The lowest BCUT2D eigenvalue weighted by molar-refractivity contribution is -0.130. The number of benzene rings is 2. The van der Waals surface area contributed by atoms with Crippen LogP contribution in [0.15, 0.2) is 79.1 Å². The second kappa shape index (κ2) is 16.0. The van der Waals surface area contributed by atoms with Crippen LogP contribution in [0.2, 0.25) is 0 Å². The lowest BCUT2D eigenvalue weighted by atomic mass is 9.81. The Morgan fingerprint density at radius 2 is 1.63 bits per heavy atom. The second-order valence-corrected chi connectivity index (χ2v) is 9.37. The Hall–Kier alpha value is -3.13. The van der Waals surface area contributed by atoms with Gasteiger partial charge in [-0.2, -0.15) is 0 Å². The topological polar surface area (TPSA) is 106 Å². The minimum Gasteiger partial charge on any atom is -0.489 e. The smallest absolute Gasteiger partial charge is 0.247 e. The van der Waals surface area contributed by atoms with E-state index in [-0.39, 0.29) is 42.5 Å². The van der Waals surface area contributed by atoms with E-state index in [0.717, 1.165) is 42.6 Å². The number of pyridine rings is 1. The maximum Gasteiger partial charge on any atom is 0.247 e. The molecule has 1 fully saturated rings. The summed E-state index contributed by atoms with van der Waals surface area (Å²) in [5.74, 6) is 0.812. The molecule has 1 aliphatic rings. The summed E-state index contributed by atoms with van der Waals surface area (Å²) in [6.07, 6.45) is 7.11. The summed E-state index contributed by atoms with van der Waals surface area (Å²) in [5, 5.41) is 5.89. The summed E-state index contributed by atoms with van der Waals surface area (Å²) in [6.45, 7) is 1.15. The van der Waals surface area contributed by atoms with Gasteiger partial charge >= 0.3 is 0 Å². The van der Waals surface area contributed by atoms with Crippen molar-refractivity contribution in [1.29, 1.82) is 0 Å².